The Bertz CT molecular complexity index is 1730. The van der Waals surface area contributed by atoms with Gasteiger partial charge in [0.1, 0.15) is 11.6 Å². The minimum Gasteiger partial charge on any atom is -0.382 e. The Morgan fingerprint density at radius 3 is 2.55 bits per heavy atom. The summed E-state index contributed by atoms with van der Waals surface area (Å²) in [4.78, 5) is 46.8. The third-order valence-electron chi connectivity index (χ3n) is 5.72. The lowest BCUT2D eigenvalue weighted by molar-refractivity contribution is -0.109. The van der Waals surface area contributed by atoms with E-state index in [1.165, 1.54) is 28.0 Å². The number of nitrogens with one attached hydrogen (secondary N) is 2. The highest BCUT2D eigenvalue weighted by Gasteiger charge is 2.25. The summed E-state index contributed by atoms with van der Waals surface area (Å²) in [6.07, 6.45) is 4.69. The molecule has 0 aliphatic heterocycles. The fourth-order valence-corrected chi connectivity index (χ4v) is 4.04. The van der Waals surface area contributed by atoms with Crippen LogP contribution in [0.2, 0.25) is 0 Å². The highest BCUT2D eigenvalue weighted by Crippen LogP contribution is 2.21. The maximum atomic E-state index is 14.0. The second-order valence-electron chi connectivity index (χ2n) is 9.05. The number of carbonyl (C=O) groups is 2. The van der Waals surface area contributed by atoms with Gasteiger partial charge in [-0.3, -0.25) is 19.0 Å². The Morgan fingerprint density at radius 1 is 1.17 bits per heavy atom. The van der Waals surface area contributed by atoms with Crippen LogP contribution in [-0.4, -0.2) is 44.3 Å². The van der Waals surface area contributed by atoms with Crippen LogP contribution in [0.3, 0.4) is 0 Å². The van der Waals surface area contributed by atoms with Gasteiger partial charge in [-0.15, -0.1) is 0 Å². The number of nitrogens with two attached hydrogens (primary N) is 1. The summed E-state index contributed by atoms with van der Waals surface area (Å²) in [5.41, 5.74) is 7.16. The molecule has 0 saturated carbocycles. The summed E-state index contributed by atoms with van der Waals surface area (Å²) in [6, 6.07) is 13.4. The molecular formula is C31H34N8O3. The molecule has 0 spiro atoms. The summed E-state index contributed by atoms with van der Waals surface area (Å²) >= 11 is 0. The van der Waals surface area contributed by atoms with Crippen LogP contribution in [-0.2, 0) is 4.79 Å². The van der Waals surface area contributed by atoms with Gasteiger partial charge < -0.3 is 16.4 Å². The van der Waals surface area contributed by atoms with Crippen LogP contribution in [0.25, 0.3) is 16.6 Å². The van der Waals surface area contributed by atoms with Crippen molar-refractivity contribution in [3.8, 4) is 17.5 Å². The van der Waals surface area contributed by atoms with Crippen LogP contribution >= 0.6 is 0 Å². The number of hydrogen-bond donors (Lipinski definition) is 3. The summed E-state index contributed by atoms with van der Waals surface area (Å²) < 4.78 is 2.77. The van der Waals surface area contributed by atoms with Crippen molar-refractivity contribution in [1.29, 1.82) is 0 Å². The number of nitrogens with zero attached hydrogens (tertiary/aromatic N) is 5. The van der Waals surface area contributed by atoms with Gasteiger partial charge >= 0.3 is 0 Å². The molecule has 11 nitrogen and oxygen atoms in total. The molecule has 2 heterocycles. The van der Waals surface area contributed by atoms with Crippen molar-refractivity contribution in [3.63, 3.8) is 0 Å². The first-order valence-corrected chi connectivity index (χ1v) is 13.4. The number of amides is 2. The maximum Gasteiger partial charge on any atom is 0.274 e. The first kappa shape index (κ1) is 31.0. The Hall–Kier alpha value is -5.50. The van der Waals surface area contributed by atoms with E-state index in [0.29, 0.717) is 40.2 Å². The van der Waals surface area contributed by atoms with Crippen molar-refractivity contribution < 1.29 is 9.59 Å². The molecule has 0 saturated heterocycles. The van der Waals surface area contributed by atoms with Crippen LogP contribution < -0.4 is 21.9 Å². The molecular weight excluding hydrogens is 532 g/mol. The smallest absolute Gasteiger partial charge is 0.274 e. The molecule has 11 heteroatoms. The molecule has 2 amide bonds. The van der Waals surface area contributed by atoms with Gasteiger partial charge in [0.2, 0.25) is 6.41 Å². The van der Waals surface area contributed by atoms with E-state index in [9.17, 15) is 14.4 Å². The quantitative estimate of drug-likeness (QED) is 0.129. The molecule has 4 aromatic rings. The summed E-state index contributed by atoms with van der Waals surface area (Å²) in [6.45, 7) is 11.4. The molecule has 4 N–H and O–H groups in total. The van der Waals surface area contributed by atoms with Crippen molar-refractivity contribution >= 4 is 35.3 Å². The number of aromatic nitrogens is 4. The van der Waals surface area contributed by atoms with Crippen molar-refractivity contribution in [3.05, 3.63) is 94.4 Å². The SMILES string of the molecule is C=C/C=N\n1c(C)nc(N)c1C(=O)NC(C)c1nc2cccc(C#CCNC=O)c2c(=O)n1-c1ccccc1.CCC. The largest absolute Gasteiger partial charge is 0.382 e. The topological polar surface area (TPSA) is 149 Å². The maximum absolute atomic E-state index is 14.0. The van der Waals surface area contributed by atoms with Gasteiger partial charge in [-0.2, -0.15) is 5.10 Å². The van der Waals surface area contributed by atoms with Crippen LogP contribution in [0.4, 0.5) is 5.82 Å². The third kappa shape index (κ3) is 6.98. The summed E-state index contributed by atoms with van der Waals surface area (Å²) in [5, 5.41) is 9.84. The highest BCUT2D eigenvalue weighted by atomic mass is 16.2. The van der Waals surface area contributed by atoms with Gasteiger partial charge in [0.25, 0.3) is 11.5 Å². The Morgan fingerprint density at radius 2 is 1.88 bits per heavy atom. The average Bonchev–Trinajstić information content (AvgIpc) is 3.27. The zero-order chi connectivity index (χ0) is 30.6. The number of allylic oxidation sites excluding steroid dienone is 1. The van der Waals surface area contributed by atoms with E-state index >= 15 is 0 Å². The fraction of sp³-hybridized carbons (Fsp3) is 0.226. The molecule has 1 atom stereocenters. The van der Waals surface area contributed by atoms with Crippen molar-refractivity contribution in [2.75, 3.05) is 12.3 Å². The molecule has 2 aromatic heterocycles. The Kier molecular flexibility index (Phi) is 10.9. The minimum absolute atomic E-state index is 0.0117. The minimum atomic E-state index is -0.729. The first-order valence-electron chi connectivity index (χ1n) is 13.4. The van der Waals surface area contributed by atoms with E-state index in [1.807, 2.05) is 6.07 Å². The van der Waals surface area contributed by atoms with Crippen molar-refractivity contribution in [1.82, 2.24) is 29.8 Å². The zero-order valence-corrected chi connectivity index (χ0v) is 24.1. The van der Waals surface area contributed by atoms with E-state index in [0.717, 1.165) is 0 Å². The van der Waals surface area contributed by atoms with E-state index in [1.54, 1.807) is 56.3 Å². The number of hydrogen-bond acceptors (Lipinski definition) is 7. The van der Waals surface area contributed by atoms with Crippen molar-refractivity contribution in [2.45, 2.75) is 40.2 Å². The number of para-hydroxylation sites is 1. The predicted molar refractivity (Wildman–Crippen MR) is 166 cm³/mol. The first-order chi connectivity index (χ1) is 20.3. The lowest BCUT2D eigenvalue weighted by atomic mass is 10.1. The predicted octanol–water partition coefficient (Wildman–Crippen LogP) is 3.50. The number of fused-ring (bicyclic) bond motifs is 1. The molecule has 0 radical (unpaired) electrons. The molecule has 0 aliphatic rings. The molecule has 0 bridgehead atoms. The third-order valence-corrected chi connectivity index (χ3v) is 5.72. The molecule has 1 unspecified atom stereocenters. The normalized spacial score (nSPS) is 11.1. The van der Waals surface area contributed by atoms with Crippen LogP contribution in [0.15, 0.2) is 71.1 Å². The highest BCUT2D eigenvalue weighted by molar-refractivity contribution is 5.97. The number of aryl methyl sites for hydroxylation is 1. The van der Waals surface area contributed by atoms with Gasteiger partial charge in [-0.1, -0.05) is 63.0 Å². The fourth-order valence-electron chi connectivity index (χ4n) is 4.04. The Balaban J connectivity index is 0.00000155. The molecule has 216 valence electrons. The van der Waals surface area contributed by atoms with Gasteiger partial charge in [-0.05, 0) is 44.2 Å². The summed E-state index contributed by atoms with van der Waals surface area (Å²) in [5.74, 6) is 5.96. The Labute approximate surface area is 244 Å². The molecule has 42 heavy (non-hydrogen) atoms. The molecule has 2 aromatic carbocycles. The zero-order valence-electron chi connectivity index (χ0n) is 24.1. The number of anilines is 1. The molecule has 0 aliphatic carbocycles. The number of benzene rings is 2. The number of imidazole rings is 1. The van der Waals surface area contributed by atoms with Crippen LogP contribution in [0.5, 0.6) is 0 Å². The number of rotatable bonds is 8. The summed E-state index contributed by atoms with van der Waals surface area (Å²) in [7, 11) is 0. The standard InChI is InChI=1S/C28H26N8O3.C3H8/c1-4-15-31-36-19(3)33-25(29)24(36)27(38)32-18(2)26-34-22-14-8-10-20(11-9-16-30-17-37)23(22)28(39)35(26)21-12-6-5-7-13-21;1-3-2/h4-8,10,12-15,17-18H,1,16,29H2,2-3H3,(H,30,37)(H,32,38);3H2,1-2H3/b31-15-;. The lowest BCUT2D eigenvalue weighted by Crippen LogP contribution is -2.34. The molecule has 4 rings (SSSR count). The van der Waals surface area contributed by atoms with E-state index in [2.05, 4.69) is 53.0 Å². The lowest BCUT2D eigenvalue weighted by Gasteiger charge is -2.20. The van der Waals surface area contributed by atoms with E-state index < -0.39 is 11.9 Å². The second kappa shape index (κ2) is 14.8. The van der Waals surface area contributed by atoms with Gasteiger partial charge in [-0.25, -0.2) is 14.6 Å². The second-order valence-corrected chi connectivity index (χ2v) is 9.05. The number of nitrogen functional groups attached to an aromatic ring is 1. The number of carbonyl (C=O) groups excluding carboxylic acids is 2. The van der Waals surface area contributed by atoms with Gasteiger partial charge in [0.05, 0.1) is 29.2 Å². The van der Waals surface area contributed by atoms with Gasteiger partial charge in [0.15, 0.2) is 11.5 Å². The van der Waals surface area contributed by atoms with E-state index in [4.69, 9.17) is 10.7 Å². The van der Waals surface area contributed by atoms with Crippen molar-refractivity contribution in [2.24, 2.45) is 5.10 Å². The molecule has 0 fully saturated rings. The monoisotopic (exact) mass is 566 g/mol. The van der Waals surface area contributed by atoms with Crippen LogP contribution in [0.1, 0.15) is 60.9 Å². The average molecular weight is 567 g/mol. The van der Waals surface area contributed by atoms with Crippen LogP contribution in [0, 0.1) is 18.8 Å². The van der Waals surface area contributed by atoms with Gasteiger partial charge in [0, 0.05) is 11.8 Å². The van der Waals surface area contributed by atoms with E-state index in [-0.39, 0.29) is 23.6 Å².